The maximum absolute atomic E-state index is 4.84. The molecule has 98 valence electrons. The van der Waals surface area contributed by atoms with Gasteiger partial charge in [0.05, 0.1) is 6.54 Å². The van der Waals surface area contributed by atoms with Crippen LogP contribution in [0.3, 0.4) is 0 Å². The van der Waals surface area contributed by atoms with Crippen molar-refractivity contribution in [2.24, 2.45) is 10.9 Å². The normalized spacial score (nSPS) is 34.9. The topological polar surface area (TPSA) is 24.4 Å². The Hall–Kier alpha value is 0.170. The van der Waals surface area contributed by atoms with Crippen LogP contribution in [0.2, 0.25) is 0 Å². The van der Waals surface area contributed by atoms with Crippen LogP contribution < -0.4 is 5.32 Å². The molecule has 2 nitrogen and oxygen atoms in total. The molecule has 0 aromatic heterocycles. The van der Waals surface area contributed by atoms with E-state index in [1.165, 1.54) is 36.6 Å². The zero-order valence-corrected chi connectivity index (χ0v) is 12.8. The van der Waals surface area contributed by atoms with E-state index in [0.29, 0.717) is 10.8 Å². The van der Waals surface area contributed by atoms with Crippen molar-refractivity contribution in [2.75, 3.05) is 18.6 Å². The van der Waals surface area contributed by atoms with Crippen LogP contribution in [0.15, 0.2) is 4.99 Å². The van der Waals surface area contributed by atoms with Crippen LogP contribution in [0.1, 0.15) is 39.5 Å². The highest BCUT2D eigenvalue weighted by atomic mass is 32.2. The van der Waals surface area contributed by atoms with E-state index in [1.54, 1.807) is 0 Å². The van der Waals surface area contributed by atoms with Gasteiger partial charge in [-0.05, 0) is 31.9 Å². The number of hydrogen-bond acceptors (Lipinski definition) is 3. The highest BCUT2D eigenvalue weighted by Crippen LogP contribution is 2.40. The molecule has 0 aromatic rings. The number of amidine groups is 1. The molecule has 1 saturated heterocycles. The lowest BCUT2D eigenvalue weighted by Gasteiger charge is -2.30. The summed E-state index contributed by atoms with van der Waals surface area (Å²) in [6.07, 6.45) is 7.72. The van der Waals surface area contributed by atoms with Gasteiger partial charge in [0, 0.05) is 16.5 Å². The van der Waals surface area contributed by atoms with E-state index >= 15 is 0 Å². The highest BCUT2D eigenvalue weighted by Gasteiger charge is 2.33. The SMILES string of the molecule is CSC1(CN=C2NC(C)C(C)CS2)CCCC1. The molecular formula is C13H24N2S2. The van der Waals surface area contributed by atoms with Gasteiger partial charge in [-0.25, -0.2) is 0 Å². The molecule has 0 amide bonds. The first kappa shape index (κ1) is 13.6. The Labute approximate surface area is 114 Å². The summed E-state index contributed by atoms with van der Waals surface area (Å²) in [5.74, 6) is 1.96. The quantitative estimate of drug-likeness (QED) is 0.852. The van der Waals surface area contributed by atoms with Gasteiger partial charge in [0.1, 0.15) is 0 Å². The summed E-state index contributed by atoms with van der Waals surface area (Å²) >= 11 is 3.92. The lowest BCUT2D eigenvalue weighted by Crippen LogP contribution is -2.42. The summed E-state index contributed by atoms with van der Waals surface area (Å²) < 4.78 is 0.446. The summed E-state index contributed by atoms with van der Waals surface area (Å²) in [7, 11) is 0. The molecule has 1 aliphatic carbocycles. The summed E-state index contributed by atoms with van der Waals surface area (Å²) in [5.41, 5.74) is 0. The Bertz CT molecular complexity index is 285. The first-order chi connectivity index (χ1) is 8.15. The Morgan fingerprint density at radius 2 is 2.12 bits per heavy atom. The maximum Gasteiger partial charge on any atom is 0.156 e. The second kappa shape index (κ2) is 5.87. The fourth-order valence-electron chi connectivity index (χ4n) is 2.49. The third-order valence-corrected chi connectivity index (χ3v) is 6.76. The van der Waals surface area contributed by atoms with Crippen molar-refractivity contribution >= 4 is 28.7 Å². The van der Waals surface area contributed by atoms with Crippen molar-refractivity contribution < 1.29 is 0 Å². The van der Waals surface area contributed by atoms with Crippen LogP contribution >= 0.6 is 23.5 Å². The van der Waals surface area contributed by atoms with Crippen LogP contribution in [0.25, 0.3) is 0 Å². The molecule has 2 fully saturated rings. The molecule has 1 saturated carbocycles. The number of rotatable bonds is 3. The van der Waals surface area contributed by atoms with Crippen LogP contribution in [0, 0.1) is 5.92 Å². The number of aliphatic imine (C=N–C) groups is 1. The number of nitrogens with zero attached hydrogens (tertiary/aromatic N) is 1. The second-order valence-corrected chi connectivity index (χ2v) is 7.72. The van der Waals surface area contributed by atoms with Crippen molar-refractivity contribution in [3.63, 3.8) is 0 Å². The molecule has 1 heterocycles. The smallest absolute Gasteiger partial charge is 0.156 e. The van der Waals surface area contributed by atoms with Gasteiger partial charge in [0.15, 0.2) is 5.17 Å². The van der Waals surface area contributed by atoms with Gasteiger partial charge in [-0.1, -0.05) is 31.5 Å². The van der Waals surface area contributed by atoms with E-state index in [-0.39, 0.29) is 0 Å². The molecular weight excluding hydrogens is 248 g/mol. The van der Waals surface area contributed by atoms with Gasteiger partial charge in [-0.3, -0.25) is 4.99 Å². The van der Waals surface area contributed by atoms with Gasteiger partial charge in [0.2, 0.25) is 0 Å². The van der Waals surface area contributed by atoms with Crippen LogP contribution in [-0.4, -0.2) is 34.5 Å². The van der Waals surface area contributed by atoms with Crippen LogP contribution in [0.5, 0.6) is 0 Å². The van der Waals surface area contributed by atoms with Crippen LogP contribution in [-0.2, 0) is 0 Å². The van der Waals surface area contributed by atoms with Gasteiger partial charge >= 0.3 is 0 Å². The standard InChI is InChI=1S/C13H24N2S2/c1-10-8-17-12(15-11(10)2)14-9-13(16-3)6-4-5-7-13/h10-11H,4-9H2,1-3H3,(H,14,15). The van der Waals surface area contributed by atoms with Crippen molar-refractivity contribution in [3.8, 4) is 0 Å². The average Bonchev–Trinajstić information content (AvgIpc) is 2.80. The molecule has 0 aromatic carbocycles. The predicted octanol–water partition coefficient (Wildman–Crippen LogP) is 3.38. The minimum absolute atomic E-state index is 0.446. The largest absolute Gasteiger partial charge is 0.362 e. The van der Waals surface area contributed by atoms with Crippen LogP contribution in [0.4, 0.5) is 0 Å². The molecule has 0 spiro atoms. The molecule has 0 radical (unpaired) electrons. The first-order valence-corrected chi connectivity index (χ1v) is 8.85. The lowest BCUT2D eigenvalue weighted by atomic mass is 10.1. The molecule has 2 unspecified atom stereocenters. The van der Waals surface area contributed by atoms with Crippen molar-refractivity contribution in [1.82, 2.24) is 5.32 Å². The summed E-state index contributed by atoms with van der Waals surface area (Å²) in [6.45, 7) is 5.58. The Balaban J connectivity index is 1.91. The van der Waals surface area contributed by atoms with E-state index in [1.807, 2.05) is 23.5 Å². The van der Waals surface area contributed by atoms with Gasteiger partial charge in [-0.15, -0.1) is 0 Å². The van der Waals surface area contributed by atoms with E-state index in [2.05, 4.69) is 25.4 Å². The zero-order chi connectivity index (χ0) is 12.3. The maximum atomic E-state index is 4.84. The van der Waals surface area contributed by atoms with E-state index in [9.17, 15) is 0 Å². The fourth-order valence-corrected chi connectivity index (χ4v) is 4.51. The van der Waals surface area contributed by atoms with E-state index in [4.69, 9.17) is 4.99 Å². The second-order valence-electron chi connectivity index (χ2n) is 5.44. The molecule has 17 heavy (non-hydrogen) atoms. The summed E-state index contributed by atoms with van der Waals surface area (Å²) in [4.78, 5) is 4.84. The van der Waals surface area contributed by atoms with Gasteiger partial charge < -0.3 is 5.32 Å². The third kappa shape index (κ3) is 3.34. The molecule has 1 N–H and O–H groups in total. The van der Waals surface area contributed by atoms with E-state index in [0.717, 1.165) is 12.5 Å². The van der Waals surface area contributed by atoms with Crippen molar-refractivity contribution in [2.45, 2.75) is 50.3 Å². The minimum atomic E-state index is 0.446. The van der Waals surface area contributed by atoms with Gasteiger partial charge in [-0.2, -0.15) is 11.8 Å². The molecule has 2 aliphatic rings. The molecule has 0 bridgehead atoms. The molecule has 4 heteroatoms. The Morgan fingerprint density at radius 1 is 1.41 bits per heavy atom. The zero-order valence-electron chi connectivity index (χ0n) is 11.2. The lowest BCUT2D eigenvalue weighted by molar-refractivity contribution is 0.489. The monoisotopic (exact) mass is 272 g/mol. The van der Waals surface area contributed by atoms with Crippen molar-refractivity contribution in [1.29, 1.82) is 0 Å². The van der Waals surface area contributed by atoms with Crippen molar-refractivity contribution in [3.05, 3.63) is 0 Å². The number of thioether (sulfide) groups is 2. The third-order valence-electron chi connectivity index (χ3n) is 4.15. The molecule has 2 rings (SSSR count). The first-order valence-electron chi connectivity index (χ1n) is 6.64. The Morgan fingerprint density at radius 3 is 2.71 bits per heavy atom. The van der Waals surface area contributed by atoms with E-state index < -0.39 is 0 Å². The number of hydrogen-bond donors (Lipinski definition) is 1. The summed E-state index contributed by atoms with van der Waals surface area (Å²) in [6, 6.07) is 0.573. The Kier molecular flexibility index (Phi) is 4.70. The highest BCUT2D eigenvalue weighted by molar-refractivity contribution is 8.13. The average molecular weight is 272 g/mol. The number of nitrogens with one attached hydrogen (secondary N) is 1. The predicted molar refractivity (Wildman–Crippen MR) is 81.2 cm³/mol. The molecule has 1 aliphatic heterocycles. The van der Waals surface area contributed by atoms with Gasteiger partial charge in [0.25, 0.3) is 0 Å². The minimum Gasteiger partial charge on any atom is -0.362 e. The summed E-state index contributed by atoms with van der Waals surface area (Å²) in [5, 5.41) is 4.71. The molecule has 2 atom stereocenters. The fraction of sp³-hybridized carbons (Fsp3) is 0.923.